The second-order valence-corrected chi connectivity index (χ2v) is 4.43. The van der Waals surface area contributed by atoms with Crippen LogP contribution in [-0.4, -0.2) is 34.3 Å². The molecule has 2 aromatic heterocycles. The van der Waals surface area contributed by atoms with Crippen molar-refractivity contribution in [2.75, 3.05) is 29.6 Å². The van der Waals surface area contributed by atoms with E-state index in [1.54, 1.807) is 6.33 Å². The minimum atomic E-state index is 0.776. The van der Waals surface area contributed by atoms with Gasteiger partial charge < -0.3 is 15.2 Å². The molecule has 2 heterocycles. The Morgan fingerprint density at radius 1 is 1.44 bits per heavy atom. The Balaban J connectivity index is 2.03. The number of aromatic amines is 1. The lowest BCUT2D eigenvalue weighted by Gasteiger charge is -2.17. The van der Waals surface area contributed by atoms with Gasteiger partial charge in [0, 0.05) is 44.4 Å². The van der Waals surface area contributed by atoms with Crippen LogP contribution in [-0.2, 0) is 6.54 Å². The van der Waals surface area contributed by atoms with E-state index in [0.29, 0.717) is 0 Å². The van der Waals surface area contributed by atoms with Crippen LogP contribution in [0.25, 0.3) is 0 Å². The smallest absolute Gasteiger partial charge is 0.134 e. The molecule has 0 fully saturated rings. The number of thiol groups is 1. The van der Waals surface area contributed by atoms with Crippen LogP contribution in [0.1, 0.15) is 5.56 Å². The summed E-state index contributed by atoms with van der Waals surface area (Å²) in [6.45, 7) is 1.60. The zero-order chi connectivity index (χ0) is 12.8. The molecule has 96 valence electrons. The predicted octanol–water partition coefficient (Wildman–Crippen LogP) is 1.78. The third kappa shape index (κ3) is 3.40. The van der Waals surface area contributed by atoms with Crippen LogP contribution in [0, 0.1) is 0 Å². The second kappa shape index (κ2) is 6.30. The molecular formula is C12H17N5S. The number of hydrogen-bond donors (Lipinski definition) is 3. The van der Waals surface area contributed by atoms with Crippen molar-refractivity contribution in [2.24, 2.45) is 0 Å². The van der Waals surface area contributed by atoms with E-state index in [1.807, 2.05) is 25.5 Å². The minimum absolute atomic E-state index is 0.776. The van der Waals surface area contributed by atoms with E-state index in [2.05, 4.69) is 43.9 Å². The van der Waals surface area contributed by atoms with Gasteiger partial charge in [-0.05, 0) is 11.6 Å². The first-order valence-electron chi connectivity index (χ1n) is 5.79. The molecule has 0 aromatic carbocycles. The highest BCUT2D eigenvalue weighted by molar-refractivity contribution is 7.80. The first-order valence-corrected chi connectivity index (χ1v) is 6.42. The molecule has 2 N–H and O–H groups in total. The van der Waals surface area contributed by atoms with Crippen molar-refractivity contribution < 1.29 is 0 Å². The van der Waals surface area contributed by atoms with Crippen LogP contribution in [0.4, 0.5) is 11.6 Å². The van der Waals surface area contributed by atoms with Gasteiger partial charge in [-0.2, -0.15) is 12.6 Å². The lowest BCUT2D eigenvalue weighted by molar-refractivity contribution is 0.892. The fourth-order valence-corrected chi connectivity index (χ4v) is 1.76. The van der Waals surface area contributed by atoms with E-state index < -0.39 is 0 Å². The number of nitrogens with one attached hydrogen (secondary N) is 2. The summed E-state index contributed by atoms with van der Waals surface area (Å²) < 4.78 is 0. The molecule has 0 aliphatic heterocycles. The fraction of sp³-hybridized carbons (Fsp3) is 0.333. The van der Waals surface area contributed by atoms with Crippen molar-refractivity contribution in [3.8, 4) is 0 Å². The summed E-state index contributed by atoms with van der Waals surface area (Å²) in [7, 11) is 2.01. The van der Waals surface area contributed by atoms with Gasteiger partial charge in [-0.1, -0.05) is 0 Å². The molecule has 0 amide bonds. The van der Waals surface area contributed by atoms with Gasteiger partial charge >= 0.3 is 0 Å². The highest BCUT2D eigenvalue weighted by Gasteiger charge is 2.05. The largest absolute Gasteiger partial charge is 0.369 e. The van der Waals surface area contributed by atoms with Crippen molar-refractivity contribution in [2.45, 2.75) is 6.54 Å². The molecule has 0 unspecified atom stereocenters. The van der Waals surface area contributed by atoms with Crippen molar-refractivity contribution in [1.29, 1.82) is 0 Å². The van der Waals surface area contributed by atoms with Crippen LogP contribution in [0.3, 0.4) is 0 Å². The summed E-state index contributed by atoms with van der Waals surface area (Å²) in [5, 5.41) is 3.19. The van der Waals surface area contributed by atoms with Gasteiger partial charge in [0.25, 0.3) is 0 Å². The van der Waals surface area contributed by atoms with Crippen LogP contribution < -0.4 is 10.2 Å². The summed E-state index contributed by atoms with van der Waals surface area (Å²) in [6.07, 6.45) is 5.48. The number of aromatic nitrogens is 3. The Morgan fingerprint density at radius 3 is 3.06 bits per heavy atom. The molecule has 0 bridgehead atoms. The molecule has 5 nitrogen and oxygen atoms in total. The topological polar surface area (TPSA) is 56.8 Å². The van der Waals surface area contributed by atoms with E-state index in [0.717, 1.165) is 30.5 Å². The Kier molecular flexibility index (Phi) is 4.46. The Bertz CT molecular complexity index is 471. The van der Waals surface area contributed by atoms with Crippen molar-refractivity contribution in [3.05, 3.63) is 36.4 Å². The van der Waals surface area contributed by atoms with Crippen LogP contribution >= 0.6 is 12.6 Å². The van der Waals surface area contributed by atoms with E-state index in [9.17, 15) is 0 Å². The monoisotopic (exact) mass is 263 g/mol. The SMILES string of the molecule is CN(Cc1cc[nH]c1)c1cc(NCCS)ncn1. The number of H-pyrrole nitrogens is 1. The van der Waals surface area contributed by atoms with Crippen LogP contribution in [0.15, 0.2) is 30.9 Å². The Hall–Kier alpha value is -1.69. The van der Waals surface area contributed by atoms with Crippen LogP contribution in [0.2, 0.25) is 0 Å². The molecule has 0 atom stereocenters. The summed E-state index contributed by atoms with van der Waals surface area (Å²) in [5.74, 6) is 2.50. The minimum Gasteiger partial charge on any atom is -0.369 e. The van der Waals surface area contributed by atoms with E-state index in [4.69, 9.17) is 0 Å². The van der Waals surface area contributed by atoms with Gasteiger partial charge in [0.1, 0.15) is 18.0 Å². The summed E-state index contributed by atoms with van der Waals surface area (Å²) in [6, 6.07) is 3.99. The lowest BCUT2D eigenvalue weighted by Crippen LogP contribution is -2.18. The number of hydrogen-bond acceptors (Lipinski definition) is 5. The maximum Gasteiger partial charge on any atom is 0.134 e. The summed E-state index contributed by atoms with van der Waals surface area (Å²) >= 11 is 4.16. The lowest BCUT2D eigenvalue weighted by atomic mass is 10.3. The molecule has 18 heavy (non-hydrogen) atoms. The fourth-order valence-electron chi connectivity index (χ4n) is 1.65. The highest BCUT2D eigenvalue weighted by Crippen LogP contribution is 2.14. The molecule has 0 saturated heterocycles. The quantitative estimate of drug-likeness (QED) is 0.695. The number of nitrogens with zero attached hydrogens (tertiary/aromatic N) is 3. The van der Waals surface area contributed by atoms with E-state index >= 15 is 0 Å². The first kappa shape index (κ1) is 12.8. The molecule has 0 spiro atoms. The highest BCUT2D eigenvalue weighted by atomic mass is 32.1. The predicted molar refractivity (Wildman–Crippen MR) is 77.3 cm³/mol. The van der Waals surface area contributed by atoms with E-state index in [1.165, 1.54) is 5.56 Å². The summed E-state index contributed by atoms with van der Waals surface area (Å²) in [5.41, 5.74) is 1.22. The average molecular weight is 263 g/mol. The van der Waals surface area contributed by atoms with Crippen molar-refractivity contribution in [1.82, 2.24) is 15.0 Å². The number of rotatable bonds is 6. The maximum atomic E-state index is 4.27. The molecule has 6 heteroatoms. The van der Waals surface area contributed by atoms with E-state index in [-0.39, 0.29) is 0 Å². The van der Waals surface area contributed by atoms with Gasteiger partial charge in [-0.25, -0.2) is 9.97 Å². The average Bonchev–Trinajstić information content (AvgIpc) is 2.89. The molecule has 2 rings (SSSR count). The Labute approximate surface area is 112 Å². The third-order valence-electron chi connectivity index (χ3n) is 2.54. The number of anilines is 2. The molecule has 0 radical (unpaired) electrons. The first-order chi connectivity index (χ1) is 8.79. The van der Waals surface area contributed by atoms with Gasteiger partial charge in [0.05, 0.1) is 0 Å². The zero-order valence-electron chi connectivity index (χ0n) is 10.3. The third-order valence-corrected chi connectivity index (χ3v) is 2.77. The normalized spacial score (nSPS) is 10.3. The van der Waals surface area contributed by atoms with Gasteiger partial charge in [0.2, 0.25) is 0 Å². The zero-order valence-corrected chi connectivity index (χ0v) is 11.2. The second-order valence-electron chi connectivity index (χ2n) is 3.99. The van der Waals surface area contributed by atoms with Crippen LogP contribution in [0.5, 0.6) is 0 Å². The standard InChI is InChI=1S/C12H17N5S/c1-17(8-10-2-3-13-7-10)12-6-11(14-4-5-18)15-9-16-12/h2-3,6-7,9,13,18H,4-5,8H2,1H3,(H,14,15,16). The van der Waals surface area contributed by atoms with Crippen molar-refractivity contribution in [3.63, 3.8) is 0 Å². The van der Waals surface area contributed by atoms with Gasteiger partial charge in [0.15, 0.2) is 0 Å². The summed E-state index contributed by atoms with van der Waals surface area (Å²) in [4.78, 5) is 13.6. The molecule has 0 aliphatic carbocycles. The molecular weight excluding hydrogens is 246 g/mol. The molecule has 0 aliphatic rings. The maximum absolute atomic E-state index is 4.27. The molecule has 0 saturated carbocycles. The van der Waals surface area contributed by atoms with Gasteiger partial charge in [-0.15, -0.1) is 0 Å². The molecule has 2 aromatic rings. The van der Waals surface area contributed by atoms with Crippen molar-refractivity contribution >= 4 is 24.3 Å². The Morgan fingerprint density at radius 2 is 2.33 bits per heavy atom. The van der Waals surface area contributed by atoms with Gasteiger partial charge in [-0.3, -0.25) is 0 Å².